The molecule has 0 atom stereocenters. The molecular formula is C10H11FN2. The fourth-order valence-corrected chi connectivity index (χ4v) is 1.57. The van der Waals surface area contributed by atoms with Crippen molar-refractivity contribution >= 4 is 10.9 Å². The summed E-state index contributed by atoms with van der Waals surface area (Å²) in [4.78, 5) is 3.03. The first-order valence-electron chi connectivity index (χ1n) is 4.19. The zero-order valence-electron chi connectivity index (χ0n) is 7.39. The average molecular weight is 178 g/mol. The van der Waals surface area contributed by atoms with Gasteiger partial charge in [-0.1, -0.05) is 6.07 Å². The molecule has 3 N–H and O–H groups in total. The van der Waals surface area contributed by atoms with E-state index >= 15 is 0 Å². The Morgan fingerprint density at radius 2 is 2.23 bits per heavy atom. The van der Waals surface area contributed by atoms with Gasteiger partial charge < -0.3 is 10.7 Å². The van der Waals surface area contributed by atoms with Crippen LogP contribution in [0.2, 0.25) is 0 Å². The van der Waals surface area contributed by atoms with Crippen molar-refractivity contribution in [3.8, 4) is 0 Å². The van der Waals surface area contributed by atoms with E-state index in [1.807, 2.05) is 6.92 Å². The van der Waals surface area contributed by atoms with Crippen LogP contribution in [0.25, 0.3) is 10.9 Å². The van der Waals surface area contributed by atoms with Crippen LogP contribution in [0.5, 0.6) is 0 Å². The van der Waals surface area contributed by atoms with E-state index in [0.29, 0.717) is 11.9 Å². The summed E-state index contributed by atoms with van der Waals surface area (Å²) >= 11 is 0. The number of aromatic nitrogens is 1. The van der Waals surface area contributed by atoms with Gasteiger partial charge in [-0.15, -0.1) is 0 Å². The maximum atomic E-state index is 13.4. The van der Waals surface area contributed by atoms with E-state index in [9.17, 15) is 4.39 Å². The lowest BCUT2D eigenvalue weighted by Crippen LogP contribution is -1.95. The van der Waals surface area contributed by atoms with Gasteiger partial charge in [-0.05, 0) is 24.1 Å². The zero-order chi connectivity index (χ0) is 9.42. The van der Waals surface area contributed by atoms with E-state index in [1.165, 1.54) is 6.07 Å². The lowest BCUT2D eigenvalue weighted by Gasteiger charge is -1.98. The van der Waals surface area contributed by atoms with Crippen molar-refractivity contribution in [3.63, 3.8) is 0 Å². The van der Waals surface area contributed by atoms with Crippen molar-refractivity contribution in [1.29, 1.82) is 0 Å². The van der Waals surface area contributed by atoms with Crippen molar-refractivity contribution in [1.82, 2.24) is 4.98 Å². The second-order valence-electron chi connectivity index (χ2n) is 3.13. The summed E-state index contributed by atoms with van der Waals surface area (Å²) in [7, 11) is 0. The Morgan fingerprint density at radius 1 is 1.46 bits per heavy atom. The molecule has 13 heavy (non-hydrogen) atoms. The van der Waals surface area contributed by atoms with E-state index in [2.05, 4.69) is 4.98 Å². The predicted octanol–water partition coefficient (Wildman–Crippen LogP) is 2.07. The van der Waals surface area contributed by atoms with Gasteiger partial charge >= 0.3 is 0 Å². The van der Waals surface area contributed by atoms with Gasteiger partial charge in [-0.25, -0.2) is 4.39 Å². The number of H-pyrrole nitrogens is 1. The number of aryl methyl sites for hydroxylation is 1. The van der Waals surface area contributed by atoms with Gasteiger partial charge in [-0.3, -0.25) is 0 Å². The Kier molecular flexibility index (Phi) is 1.81. The molecule has 0 aliphatic heterocycles. The van der Waals surface area contributed by atoms with Crippen molar-refractivity contribution in [2.24, 2.45) is 5.73 Å². The summed E-state index contributed by atoms with van der Waals surface area (Å²) in [6, 6.07) is 3.24. The van der Waals surface area contributed by atoms with E-state index in [-0.39, 0.29) is 5.82 Å². The van der Waals surface area contributed by atoms with Crippen molar-refractivity contribution in [2.75, 3.05) is 0 Å². The second-order valence-corrected chi connectivity index (χ2v) is 3.13. The Bertz CT molecular complexity index is 445. The zero-order valence-corrected chi connectivity index (χ0v) is 7.39. The first-order valence-corrected chi connectivity index (χ1v) is 4.19. The fourth-order valence-electron chi connectivity index (χ4n) is 1.57. The minimum atomic E-state index is -0.206. The summed E-state index contributed by atoms with van der Waals surface area (Å²) in [5.41, 5.74) is 8.21. The van der Waals surface area contributed by atoms with Gasteiger partial charge in [0.15, 0.2) is 0 Å². The van der Waals surface area contributed by atoms with Crippen LogP contribution in [0.15, 0.2) is 18.3 Å². The highest BCUT2D eigenvalue weighted by Gasteiger charge is 2.08. The molecule has 0 amide bonds. The highest BCUT2D eigenvalue weighted by molar-refractivity contribution is 5.86. The molecule has 0 unspecified atom stereocenters. The van der Waals surface area contributed by atoms with Crippen LogP contribution in [-0.4, -0.2) is 4.98 Å². The largest absolute Gasteiger partial charge is 0.361 e. The number of halogens is 1. The molecule has 0 radical (unpaired) electrons. The number of nitrogens with two attached hydrogens (primary N) is 1. The van der Waals surface area contributed by atoms with Gasteiger partial charge in [0.05, 0.1) is 5.52 Å². The quantitative estimate of drug-likeness (QED) is 0.689. The smallest absolute Gasteiger partial charge is 0.132 e. The Balaban J connectivity index is 2.87. The minimum Gasteiger partial charge on any atom is -0.361 e. The lowest BCUT2D eigenvalue weighted by molar-refractivity contribution is 0.638. The summed E-state index contributed by atoms with van der Waals surface area (Å²) in [6.07, 6.45) is 1.76. The van der Waals surface area contributed by atoms with E-state index < -0.39 is 0 Å². The predicted molar refractivity (Wildman–Crippen MR) is 50.9 cm³/mol. The van der Waals surface area contributed by atoms with Crippen LogP contribution >= 0.6 is 0 Å². The first kappa shape index (κ1) is 8.26. The van der Waals surface area contributed by atoms with Crippen LogP contribution in [0.4, 0.5) is 4.39 Å². The molecule has 1 aromatic heterocycles. The molecule has 1 aromatic carbocycles. The Morgan fingerprint density at radius 3 is 2.92 bits per heavy atom. The molecule has 2 aromatic rings. The lowest BCUT2D eigenvalue weighted by atomic mass is 10.1. The van der Waals surface area contributed by atoms with Gasteiger partial charge in [0, 0.05) is 18.1 Å². The molecule has 0 saturated carbocycles. The van der Waals surface area contributed by atoms with E-state index in [1.54, 1.807) is 12.3 Å². The van der Waals surface area contributed by atoms with Crippen molar-refractivity contribution in [3.05, 3.63) is 35.3 Å². The van der Waals surface area contributed by atoms with E-state index in [4.69, 9.17) is 5.73 Å². The molecule has 0 saturated heterocycles. The number of benzene rings is 1. The molecule has 68 valence electrons. The molecule has 2 rings (SSSR count). The normalized spacial score (nSPS) is 11.0. The summed E-state index contributed by atoms with van der Waals surface area (Å²) in [6.45, 7) is 2.30. The van der Waals surface area contributed by atoms with Crippen LogP contribution in [0.1, 0.15) is 11.1 Å². The number of fused-ring (bicyclic) bond motifs is 1. The topological polar surface area (TPSA) is 41.8 Å². The minimum absolute atomic E-state index is 0.206. The summed E-state index contributed by atoms with van der Waals surface area (Å²) in [5.74, 6) is -0.206. The van der Waals surface area contributed by atoms with Crippen LogP contribution in [0, 0.1) is 12.7 Å². The highest BCUT2D eigenvalue weighted by atomic mass is 19.1. The SMILES string of the molecule is Cc1ccc(F)c2c(CN)c[nH]c12. The van der Waals surface area contributed by atoms with Gasteiger partial charge in [0.1, 0.15) is 5.82 Å². The molecule has 2 nitrogen and oxygen atoms in total. The van der Waals surface area contributed by atoms with E-state index in [0.717, 1.165) is 16.6 Å². The maximum absolute atomic E-state index is 13.4. The van der Waals surface area contributed by atoms with Crippen molar-refractivity contribution in [2.45, 2.75) is 13.5 Å². The summed E-state index contributed by atoms with van der Waals surface area (Å²) < 4.78 is 13.4. The third kappa shape index (κ3) is 1.12. The highest BCUT2D eigenvalue weighted by Crippen LogP contribution is 2.23. The maximum Gasteiger partial charge on any atom is 0.132 e. The first-order chi connectivity index (χ1) is 6.24. The van der Waals surface area contributed by atoms with Gasteiger partial charge in [0.2, 0.25) is 0 Å². The number of nitrogens with one attached hydrogen (secondary N) is 1. The standard InChI is InChI=1S/C10H11FN2/c1-6-2-3-8(11)9-7(4-12)5-13-10(6)9/h2-3,5,13H,4,12H2,1H3. The van der Waals surface area contributed by atoms with Crippen molar-refractivity contribution < 1.29 is 4.39 Å². The number of hydrogen-bond donors (Lipinski definition) is 2. The van der Waals surface area contributed by atoms with Gasteiger partial charge in [-0.2, -0.15) is 0 Å². The van der Waals surface area contributed by atoms with Gasteiger partial charge in [0.25, 0.3) is 0 Å². The average Bonchev–Trinajstić information content (AvgIpc) is 2.56. The summed E-state index contributed by atoms with van der Waals surface area (Å²) in [5, 5.41) is 0.627. The third-order valence-corrected chi connectivity index (χ3v) is 2.29. The Hall–Kier alpha value is -1.35. The molecular weight excluding hydrogens is 167 g/mol. The molecule has 0 bridgehead atoms. The third-order valence-electron chi connectivity index (χ3n) is 2.29. The van der Waals surface area contributed by atoms with Crippen LogP contribution < -0.4 is 5.73 Å². The number of aromatic amines is 1. The molecule has 0 fully saturated rings. The van der Waals surface area contributed by atoms with Crippen LogP contribution in [-0.2, 0) is 6.54 Å². The number of rotatable bonds is 1. The molecule has 0 aliphatic rings. The molecule has 1 heterocycles. The molecule has 3 heteroatoms. The van der Waals surface area contributed by atoms with Crippen LogP contribution in [0.3, 0.4) is 0 Å². The fraction of sp³-hybridized carbons (Fsp3) is 0.200. The monoisotopic (exact) mass is 178 g/mol. The Labute approximate surface area is 75.6 Å². The second kappa shape index (κ2) is 2.85. The molecule has 0 aliphatic carbocycles. The molecule has 0 spiro atoms. The number of hydrogen-bond acceptors (Lipinski definition) is 1.